The van der Waals surface area contributed by atoms with Crippen LogP contribution < -0.4 is 0 Å². The fourth-order valence-electron chi connectivity index (χ4n) is 2.69. The summed E-state index contributed by atoms with van der Waals surface area (Å²) in [5.74, 6) is 0.986. The molecule has 1 aliphatic carbocycles. The third kappa shape index (κ3) is 1.81. The van der Waals surface area contributed by atoms with Gasteiger partial charge in [0.25, 0.3) is 0 Å². The highest BCUT2D eigenvalue weighted by Crippen LogP contribution is 2.41. The predicted octanol–water partition coefficient (Wildman–Crippen LogP) is 2.64. The number of thiophene rings is 1. The summed E-state index contributed by atoms with van der Waals surface area (Å²) in [5, 5.41) is 12.6. The first kappa shape index (κ1) is 11.0. The third-order valence-corrected chi connectivity index (χ3v) is 4.60. The second-order valence-electron chi connectivity index (χ2n) is 4.64. The maximum atomic E-state index is 10.5. The molecule has 0 saturated heterocycles. The Balaban J connectivity index is 1.94. The molecule has 0 fully saturated rings. The largest absolute Gasteiger partial charge is 0.385 e. The second-order valence-corrected chi connectivity index (χ2v) is 5.64. The van der Waals surface area contributed by atoms with E-state index in [0.29, 0.717) is 0 Å². The molecule has 3 rings (SSSR count). The quantitative estimate of drug-likeness (QED) is 0.887. The third-order valence-electron chi connectivity index (χ3n) is 3.60. The number of fused-ring (bicyclic) bond motifs is 1. The summed E-state index contributed by atoms with van der Waals surface area (Å²) >= 11 is 1.81. The standard InChI is InChI=1S/C13H16N2OS/c1-15-7-6-14-13(15)12(16)10-3-2-4-11-9(10)5-8-17-11/h5-8,10,12,16H,2-4H2,1H3. The SMILES string of the molecule is Cn1ccnc1C(O)C1CCCc2sccc21. The fraction of sp³-hybridized carbons (Fsp3) is 0.462. The molecular formula is C13H16N2OS. The molecule has 2 atom stereocenters. The number of aromatic nitrogens is 2. The summed E-state index contributed by atoms with van der Waals surface area (Å²) in [7, 11) is 1.93. The molecular weight excluding hydrogens is 232 g/mol. The molecule has 0 aliphatic heterocycles. The molecule has 4 heteroatoms. The molecule has 2 heterocycles. The van der Waals surface area contributed by atoms with Gasteiger partial charge in [0.1, 0.15) is 11.9 Å². The van der Waals surface area contributed by atoms with E-state index < -0.39 is 6.10 Å². The Bertz CT molecular complexity index is 517. The number of imidazole rings is 1. The predicted molar refractivity (Wildman–Crippen MR) is 68.2 cm³/mol. The molecule has 0 spiro atoms. The number of nitrogens with zero attached hydrogens (tertiary/aromatic N) is 2. The van der Waals surface area contributed by atoms with E-state index in [0.717, 1.165) is 18.7 Å². The summed E-state index contributed by atoms with van der Waals surface area (Å²) < 4.78 is 1.91. The summed E-state index contributed by atoms with van der Waals surface area (Å²) in [5.41, 5.74) is 1.33. The number of hydrogen-bond donors (Lipinski definition) is 1. The lowest BCUT2D eigenvalue weighted by Crippen LogP contribution is -2.18. The van der Waals surface area contributed by atoms with Crippen LogP contribution >= 0.6 is 11.3 Å². The molecule has 0 aromatic carbocycles. The van der Waals surface area contributed by atoms with Crippen LogP contribution in [0.3, 0.4) is 0 Å². The van der Waals surface area contributed by atoms with Crippen molar-refractivity contribution in [2.24, 2.45) is 7.05 Å². The van der Waals surface area contributed by atoms with Crippen molar-refractivity contribution in [1.82, 2.24) is 9.55 Å². The van der Waals surface area contributed by atoms with Crippen molar-refractivity contribution >= 4 is 11.3 Å². The zero-order valence-electron chi connectivity index (χ0n) is 9.84. The van der Waals surface area contributed by atoms with Crippen LogP contribution in [0.5, 0.6) is 0 Å². The number of rotatable bonds is 2. The van der Waals surface area contributed by atoms with Crippen LogP contribution in [-0.2, 0) is 13.5 Å². The van der Waals surface area contributed by atoms with E-state index in [2.05, 4.69) is 16.4 Å². The van der Waals surface area contributed by atoms with Crippen molar-refractivity contribution in [3.8, 4) is 0 Å². The molecule has 90 valence electrons. The van der Waals surface area contributed by atoms with Gasteiger partial charge in [0, 0.05) is 30.2 Å². The topological polar surface area (TPSA) is 38.0 Å². The van der Waals surface area contributed by atoms with Crippen molar-refractivity contribution in [2.75, 3.05) is 0 Å². The van der Waals surface area contributed by atoms with Crippen LogP contribution in [0.2, 0.25) is 0 Å². The van der Waals surface area contributed by atoms with Crippen LogP contribution in [0.4, 0.5) is 0 Å². The first-order valence-corrected chi connectivity index (χ1v) is 6.87. The monoisotopic (exact) mass is 248 g/mol. The van der Waals surface area contributed by atoms with Gasteiger partial charge in [0.2, 0.25) is 0 Å². The number of hydrogen-bond acceptors (Lipinski definition) is 3. The van der Waals surface area contributed by atoms with Gasteiger partial charge >= 0.3 is 0 Å². The van der Waals surface area contributed by atoms with Crippen LogP contribution in [0.1, 0.15) is 41.1 Å². The van der Waals surface area contributed by atoms with E-state index in [1.54, 1.807) is 6.20 Å². The Labute approximate surface area is 105 Å². The lowest BCUT2D eigenvalue weighted by Gasteiger charge is -2.26. The van der Waals surface area contributed by atoms with Gasteiger partial charge in [-0.2, -0.15) is 0 Å². The molecule has 1 aliphatic rings. The Hall–Kier alpha value is -1.13. The first-order chi connectivity index (χ1) is 8.27. The first-order valence-electron chi connectivity index (χ1n) is 5.99. The number of aryl methyl sites for hydroxylation is 2. The van der Waals surface area contributed by atoms with E-state index in [1.165, 1.54) is 16.9 Å². The molecule has 0 bridgehead atoms. The highest BCUT2D eigenvalue weighted by Gasteiger charge is 2.30. The lowest BCUT2D eigenvalue weighted by molar-refractivity contribution is 0.124. The lowest BCUT2D eigenvalue weighted by atomic mass is 9.83. The van der Waals surface area contributed by atoms with Gasteiger partial charge in [-0.15, -0.1) is 11.3 Å². The second kappa shape index (κ2) is 4.27. The van der Waals surface area contributed by atoms with Gasteiger partial charge in [-0.1, -0.05) is 0 Å². The molecule has 1 N–H and O–H groups in total. The van der Waals surface area contributed by atoms with E-state index in [1.807, 2.05) is 29.1 Å². The zero-order chi connectivity index (χ0) is 11.8. The van der Waals surface area contributed by atoms with Crippen molar-refractivity contribution in [1.29, 1.82) is 0 Å². The molecule has 0 radical (unpaired) electrons. The van der Waals surface area contributed by atoms with Crippen molar-refractivity contribution in [2.45, 2.75) is 31.3 Å². The van der Waals surface area contributed by atoms with Crippen LogP contribution in [-0.4, -0.2) is 14.7 Å². The summed E-state index contributed by atoms with van der Waals surface area (Å²) in [4.78, 5) is 5.70. The molecule has 2 unspecified atom stereocenters. The molecule has 0 amide bonds. The Kier molecular flexibility index (Phi) is 2.76. The Morgan fingerprint density at radius 1 is 1.59 bits per heavy atom. The molecule has 17 heavy (non-hydrogen) atoms. The highest BCUT2D eigenvalue weighted by molar-refractivity contribution is 7.10. The van der Waals surface area contributed by atoms with E-state index in [-0.39, 0.29) is 5.92 Å². The average Bonchev–Trinajstić information content (AvgIpc) is 2.95. The van der Waals surface area contributed by atoms with E-state index in [4.69, 9.17) is 0 Å². The minimum atomic E-state index is -0.483. The van der Waals surface area contributed by atoms with Crippen molar-refractivity contribution in [3.63, 3.8) is 0 Å². The Morgan fingerprint density at radius 2 is 2.47 bits per heavy atom. The van der Waals surface area contributed by atoms with Gasteiger partial charge in [-0.05, 0) is 36.3 Å². The molecule has 2 aromatic rings. The van der Waals surface area contributed by atoms with Gasteiger partial charge in [-0.25, -0.2) is 4.98 Å². The maximum Gasteiger partial charge on any atom is 0.137 e. The van der Waals surface area contributed by atoms with Crippen LogP contribution in [0.15, 0.2) is 23.8 Å². The van der Waals surface area contributed by atoms with Gasteiger partial charge < -0.3 is 9.67 Å². The normalized spacial score (nSPS) is 21.2. The molecule has 0 saturated carbocycles. The van der Waals surface area contributed by atoms with Gasteiger partial charge in [0.05, 0.1) is 0 Å². The average molecular weight is 248 g/mol. The van der Waals surface area contributed by atoms with Crippen LogP contribution in [0.25, 0.3) is 0 Å². The number of aliphatic hydroxyl groups is 1. The van der Waals surface area contributed by atoms with Gasteiger partial charge in [0.15, 0.2) is 0 Å². The number of aliphatic hydroxyl groups excluding tert-OH is 1. The minimum Gasteiger partial charge on any atom is -0.385 e. The van der Waals surface area contributed by atoms with E-state index in [9.17, 15) is 5.11 Å². The smallest absolute Gasteiger partial charge is 0.137 e. The summed E-state index contributed by atoms with van der Waals surface area (Å²) in [6.45, 7) is 0. The van der Waals surface area contributed by atoms with Crippen molar-refractivity contribution in [3.05, 3.63) is 40.1 Å². The molecule has 2 aromatic heterocycles. The van der Waals surface area contributed by atoms with Gasteiger partial charge in [-0.3, -0.25) is 0 Å². The fourth-order valence-corrected chi connectivity index (χ4v) is 3.69. The minimum absolute atomic E-state index is 0.214. The Morgan fingerprint density at radius 3 is 3.24 bits per heavy atom. The van der Waals surface area contributed by atoms with Crippen molar-refractivity contribution < 1.29 is 5.11 Å². The summed E-state index contributed by atoms with van der Waals surface area (Å²) in [6, 6.07) is 2.16. The molecule has 3 nitrogen and oxygen atoms in total. The highest BCUT2D eigenvalue weighted by atomic mass is 32.1. The summed E-state index contributed by atoms with van der Waals surface area (Å²) in [6.07, 6.45) is 6.53. The van der Waals surface area contributed by atoms with E-state index >= 15 is 0 Å². The zero-order valence-corrected chi connectivity index (χ0v) is 10.7. The maximum absolute atomic E-state index is 10.5. The van der Waals surface area contributed by atoms with Crippen LogP contribution in [0, 0.1) is 0 Å².